The Hall–Kier alpha value is -2.67. The minimum absolute atomic E-state index is 0.0759. The topological polar surface area (TPSA) is 54.3 Å². The Labute approximate surface area is 124 Å². The zero-order valence-electron chi connectivity index (χ0n) is 12.2. The number of methoxy groups -OCH3 is 2. The van der Waals surface area contributed by atoms with Gasteiger partial charge in [-0.15, -0.1) is 0 Å². The first kappa shape index (κ1) is 14.7. The Bertz CT molecular complexity index is 598. The highest BCUT2D eigenvalue weighted by molar-refractivity contribution is 5.55. The van der Waals surface area contributed by atoms with Crippen molar-refractivity contribution in [3.8, 4) is 17.6 Å². The van der Waals surface area contributed by atoms with Gasteiger partial charge in [-0.3, -0.25) is 0 Å². The van der Waals surface area contributed by atoms with Crippen molar-refractivity contribution in [2.24, 2.45) is 0 Å². The summed E-state index contributed by atoms with van der Waals surface area (Å²) in [5, 5.41) is 12.4. The summed E-state index contributed by atoms with van der Waals surface area (Å²) in [7, 11) is 3.23. The molecule has 0 aliphatic carbocycles. The van der Waals surface area contributed by atoms with Crippen LogP contribution in [0.4, 0.5) is 5.69 Å². The van der Waals surface area contributed by atoms with Crippen LogP contribution < -0.4 is 14.8 Å². The van der Waals surface area contributed by atoms with Crippen LogP contribution in [0.2, 0.25) is 0 Å². The number of benzene rings is 2. The minimum Gasteiger partial charge on any atom is -0.497 e. The van der Waals surface area contributed by atoms with E-state index >= 15 is 0 Å². The highest BCUT2D eigenvalue weighted by Gasteiger charge is 2.12. The summed E-state index contributed by atoms with van der Waals surface area (Å²) >= 11 is 0. The summed E-state index contributed by atoms with van der Waals surface area (Å²) in [6, 6.07) is 17.6. The zero-order valence-corrected chi connectivity index (χ0v) is 12.2. The third-order valence-corrected chi connectivity index (χ3v) is 3.19. The smallest absolute Gasteiger partial charge is 0.124 e. The van der Waals surface area contributed by atoms with Gasteiger partial charge >= 0.3 is 0 Å². The summed E-state index contributed by atoms with van der Waals surface area (Å²) in [5.41, 5.74) is 1.93. The Morgan fingerprint density at radius 2 is 1.67 bits per heavy atom. The number of nitrogens with zero attached hydrogens (tertiary/aromatic N) is 1. The molecule has 0 saturated carbocycles. The van der Waals surface area contributed by atoms with Crippen LogP contribution in [-0.2, 0) is 0 Å². The highest BCUT2D eigenvalue weighted by atomic mass is 16.5. The van der Waals surface area contributed by atoms with E-state index in [9.17, 15) is 0 Å². The number of hydrogen-bond acceptors (Lipinski definition) is 4. The van der Waals surface area contributed by atoms with Gasteiger partial charge in [0, 0.05) is 23.9 Å². The minimum atomic E-state index is -0.0759. The molecule has 1 atom stereocenters. The first-order valence-electron chi connectivity index (χ1n) is 6.68. The van der Waals surface area contributed by atoms with Crippen LogP contribution in [0.1, 0.15) is 18.0 Å². The third kappa shape index (κ3) is 3.90. The quantitative estimate of drug-likeness (QED) is 0.876. The molecule has 21 heavy (non-hydrogen) atoms. The number of rotatable bonds is 6. The summed E-state index contributed by atoms with van der Waals surface area (Å²) in [4.78, 5) is 0. The van der Waals surface area contributed by atoms with Crippen molar-refractivity contribution in [2.75, 3.05) is 19.5 Å². The van der Waals surface area contributed by atoms with Gasteiger partial charge in [0.1, 0.15) is 11.5 Å². The van der Waals surface area contributed by atoms with Crippen molar-refractivity contribution in [3.05, 3.63) is 54.1 Å². The second kappa shape index (κ2) is 7.20. The molecule has 0 heterocycles. The Balaban J connectivity index is 2.27. The predicted molar refractivity (Wildman–Crippen MR) is 82.6 cm³/mol. The zero-order chi connectivity index (χ0) is 15.1. The fourth-order valence-corrected chi connectivity index (χ4v) is 2.12. The molecule has 0 saturated heterocycles. The molecule has 4 heteroatoms. The molecule has 0 amide bonds. The fourth-order valence-electron chi connectivity index (χ4n) is 2.12. The molecule has 0 radical (unpaired) electrons. The van der Waals surface area contributed by atoms with Crippen molar-refractivity contribution in [3.63, 3.8) is 0 Å². The SMILES string of the molecule is COc1cc(NC(CC#N)c2ccccc2)cc(OC)c1. The van der Waals surface area contributed by atoms with Gasteiger partial charge in [-0.05, 0) is 5.56 Å². The van der Waals surface area contributed by atoms with Gasteiger partial charge in [0.15, 0.2) is 0 Å². The van der Waals surface area contributed by atoms with Crippen molar-refractivity contribution in [1.29, 1.82) is 5.26 Å². The van der Waals surface area contributed by atoms with E-state index in [1.54, 1.807) is 14.2 Å². The normalized spacial score (nSPS) is 11.3. The molecule has 0 aliphatic heterocycles. The lowest BCUT2D eigenvalue weighted by atomic mass is 10.0. The van der Waals surface area contributed by atoms with Gasteiger partial charge in [-0.2, -0.15) is 5.26 Å². The Kier molecular flexibility index (Phi) is 5.05. The highest BCUT2D eigenvalue weighted by Crippen LogP contribution is 2.29. The number of nitrogens with one attached hydrogen (secondary N) is 1. The lowest BCUT2D eigenvalue weighted by Crippen LogP contribution is -2.10. The van der Waals surface area contributed by atoms with Crippen molar-refractivity contribution < 1.29 is 9.47 Å². The van der Waals surface area contributed by atoms with Crippen molar-refractivity contribution >= 4 is 5.69 Å². The molecule has 2 aromatic carbocycles. The van der Waals surface area contributed by atoms with E-state index in [1.165, 1.54) is 0 Å². The first-order valence-corrected chi connectivity index (χ1v) is 6.68. The van der Waals surface area contributed by atoms with Crippen molar-refractivity contribution in [1.82, 2.24) is 0 Å². The molecule has 1 N–H and O–H groups in total. The molecule has 108 valence electrons. The van der Waals surface area contributed by atoms with E-state index in [4.69, 9.17) is 14.7 Å². The second-order valence-corrected chi connectivity index (χ2v) is 4.57. The number of ether oxygens (including phenoxy) is 2. The van der Waals surface area contributed by atoms with Crippen LogP contribution in [0.3, 0.4) is 0 Å². The Morgan fingerprint density at radius 1 is 1.05 bits per heavy atom. The maximum atomic E-state index is 9.04. The molecule has 1 unspecified atom stereocenters. The van der Waals surface area contributed by atoms with Crippen molar-refractivity contribution in [2.45, 2.75) is 12.5 Å². The number of nitriles is 1. The second-order valence-electron chi connectivity index (χ2n) is 4.57. The predicted octanol–water partition coefficient (Wildman–Crippen LogP) is 3.77. The maximum absolute atomic E-state index is 9.04. The average Bonchev–Trinajstić information content (AvgIpc) is 2.55. The molecule has 2 rings (SSSR count). The van der Waals surface area contributed by atoms with Crippen LogP contribution in [-0.4, -0.2) is 14.2 Å². The molecule has 0 bridgehead atoms. The summed E-state index contributed by atoms with van der Waals surface area (Å²) in [6.07, 6.45) is 0.379. The average molecular weight is 282 g/mol. The molecule has 0 aromatic heterocycles. The Morgan fingerprint density at radius 3 is 2.19 bits per heavy atom. The summed E-state index contributed by atoms with van der Waals surface area (Å²) < 4.78 is 10.5. The van der Waals surface area contributed by atoms with Crippen LogP contribution in [0.5, 0.6) is 11.5 Å². The van der Waals surface area contributed by atoms with Gasteiger partial charge in [0.25, 0.3) is 0 Å². The van der Waals surface area contributed by atoms with Gasteiger partial charge in [0.05, 0.1) is 32.8 Å². The molecule has 0 aliphatic rings. The molecule has 0 fully saturated rings. The van der Waals surface area contributed by atoms with Crippen LogP contribution >= 0.6 is 0 Å². The van der Waals surface area contributed by atoms with Crippen LogP contribution in [0, 0.1) is 11.3 Å². The van der Waals surface area contributed by atoms with E-state index in [1.807, 2.05) is 48.5 Å². The van der Waals surface area contributed by atoms with Crippen LogP contribution in [0.25, 0.3) is 0 Å². The van der Waals surface area contributed by atoms with E-state index < -0.39 is 0 Å². The van der Waals surface area contributed by atoms with Gasteiger partial charge in [-0.25, -0.2) is 0 Å². The molecular weight excluding hydrogens is 264 g/mol. The van der Waals surface area contributed by atoms with Crippen LogP contribution in [0.15, 0.2) is 48.5 Å². The van der Waals surface area contributed by atoms with Gasteiger partial charge in [-0.1, -0.05) is 30.3 Å². The lowest BCUT2D eigenvalue weighted by Gasteiger charge is -2.19. The standard InChI is InChI=1S/C17H18N2O2/c1-20-15-10-14(11-16(12-15)21-2)19-17(8-9-18)13-6-4-3-5-7-13/h3-7,10-12,17,19H,8H2,1-2H3. The fraction of sp³-hybridized carbons (Fsp3) is 0.235. The molecule has 0 spiro atoms. The largest absolute Gasteiger partial charge is 0.497 e. The first-order chi connectivity index (χ1) is 10.3. The van der Waals surface area contributed by atoms with Gasteiger partial charge in [0.2, 0.25) is 0 Å². The van der Waals surface area contributed by atoms with E-state index in [0.29, 0.717) is 17.9 Å². The number of hydrogen-bond donors (Lipinski definition) is 1. The lowest BCUT2D eigenvalue weighted by molar-refractivity contribution is 0.394. The maximum Gasteiger partial charge on any atom is 0.124 e. The van der Waals surface area contributed by atoms with Gasteiger partial charge < -0.3 is 14.8 Å². The van der Waals surface area contributed by atoms with E-state index in [2.05, 4.69) is 11.4 Å². The third-order valence-electron chi connectivity index (χ3n) is 3.19. The summed E-state index contributed by atoms with van der Waals surface area (Å²) in [5.74, 6) is 1.42. The molecule has 2 aromatic rings. The number of anilines is 1. The molecular formula is C17H18N2O2. The summed E-state index contributed by atoms with van der Waals surface area (Å²) in [6.45, 7) is 0. The monoisotopic (exact) mass is 282 g/mol. The van der Waals surface area contributed by atoms with E-state index in [0.717, 1.165) is 11.3 Å². The van der Waals surface area contributed by atoms with E-state index in [-0.39, 0.29) is 6.04 Å². The molecule has 4 nitrogen and oxygen atoms in total.